The van der Waals surface area contributed by atoms with Crippen molar-refractivity contribution in [2.24, 2.45) is 5.73 Å². The fourth-order valence-electron chi connectivity index (χ4n) is 2.61. The summed E-state index contributed by atoms with van der Waals surface area (Å²) in [5.41, 5.74) is 6.26. The van der Waals surface area contributed by atoms with Gasteiger partial charge in [-0.25, -0.2) is 13.1 Å². The van der Waals surface area contributed by atoms with Crippen molar-refractivity contribution in [3.63, 3.8) is 0 Å². The van der Waals surface area contributed by atoms with Crippen molar-refractivity contribution >= 4 is 10.0 Å². The van der Waals surface area contributed by atoms with Crippen LogP contribution in [-0.4, -0.2) is 24.6 Å². The Kier molecular flexibility index (Phi) is 3.29. The van der Waals surface area contributed by atoms with Gasteiger partial charge in [-0.1, -0.05) is 11.2 Å². The highest BCUT2D eigenvalue weighted by atomic mass is 32.2. The van der Waals surface area contributed by atoms with Crippen molar-refractivity contribution in [3.05, 3.63) is 30.1 Å². The van der Waals surface area contributed by atoms with Crippen molar-refractivity contribution in [1.82, 2.24) is 14.9 Å². The van der Waals surface area contributed by atoms with Crippen LogP contribution in [0.1, 0.15) is 37.9 Å². The SMILES string of the molecule is NC1(c2noc(-c3cccc(S(=O)(=O)NC4CC4)c3)n2)CCC1. The molecule has 3 N–H and O–H groups in total. The number of hydrogen-bond donors (Lipinski definition) is 2. The molecule has 2 aliphatic rings. The van der Waals surface area contributed by atoms with Crippen LogP contribution >= 0.6 is 0 Å². The summed E-state index contributed by atoms with van der Waals surface area (Å²) in [7, 11) is -3.51. The summed E-state index contributed by atoms with van der Waals surface area (Å²) in [4.78, 5) is 4.55. The maximum atomic E-state index is 12.3. The third kappa shape index (κ3) is 2.77. The van der Waals surface area contributed by atoms with Gasteiger partial charge in [-0.05, 0) is 50.3 Å². The fourth-order valence-corrected chi connectivity index (χ4v) is 3.96. The van der Waals surface area contributed by atoms with Crippen molar-refractivity contribution in [1.29, 1.82) is 0 Å². The van der Waals surface area contributed by atoms with Crippen LogP contribution in [0.4, 0.5) is 0 Å². The van der Waals surface area contributed by atoms with Gasteiger partial charge >= 0.3 is 0 Å². The quantitative estimate of drug-likeness (QED) is 0.857. The summed E-state index contributed by atoms with van der Waals surface area (Å²) >= 11 is 0. The molecule has 23 heavy (non-hydrogen) atoms. The maximum Gasteiger partial charge on any atom is 0.258 e. The second-order valence-electron chi connectivity index (χ2n) is 6.36. The van der Waals surface area contributed by atoms with E-state index < -0.39 is 15.6 Å². The molecule has 1 aromatic carbocycles. The summed E-state index contributed by atoms with van der Waals surface area (Å²) in [6.45, 7) is 0. The normalized spacial score (nSPS) is 20.2. The monoisotopic (exact) mass is 334 g/mol. The zero-order valence-electron chi connectivity index (χ0n) is 12.5. The Balaban J connectivity index is 1.63. The molecule has 2 fully saturated rings. The first-order valence-corrected chi connectivity index (χ1v) is 9.20. The van der Waals surface area contributed by atoms with Crippen LogP contribution < -0.4 is 10.5 Å². The van der Waals surface area contributed by atoms with E-state index in [1.165, 1.54) is 0 Å². The van der Waals surface area contributed by atoms with Crippen LogP contribution in [0.2, 0.25) is 0 Å². The van der Waals surface area contributed by atoms with Gasteiger partial charge in [0, 0.05) is 11.6 Å². The van der Waals surface area contributed by atoms with E-state index in [-0.39, 0.29) is 10.9 Å². The molecule has 7 nitrogen and oxygen atoms in total. The standard InChI is InChI=1S/C15H18N4O3S/c16-15(7-2-8-15)14-17-13(22-18-14)10-3-1-4-12(9-10)23(20,21)19-11-5-6-11/h1,3-4,9,11,19H,2,5-8,16H2. The van der Waals surface area contributed by atoms with Crippen molar-refractivity contribution in [3.8, 4) is 11.5 Å². The van der Waals surface area contributed by atoms with Gasteiger partial charge in [-0.2, -0.15) is 4.98 Å². The number of hydrogen-bond acceptors (Lipinski definition) is 6. The lowest BCUT2D eigenvalue weighted by Crippen LogP contribution is -2.44. The van der Waals surface area contributed by atoms with E-state index in [1.54, 1.807) is 24.3 Å². The molecule has 8 heteroatoms. The van der Waals surface area contributed by atoms with Crippen molar-refractivity contribution in [2.45, 2.75) is 48.6 Å². The van der Waals surface area contributed by atoms with Gasteiger partial charge in [0.2, 0.25) is 10.0 Å². The average molecular weight is 334 g/mol. The molecule has 0 radical (unpaired) electrons. The molecule has 0 spiro atoms. The van der Waals surface area contributed by atoms with Gasteiger partial charge in [0.15, 0.2) is 5.82 Å². The Hall–Kier alpha value is -1.77. The Labute approximate surface area is 134 Å². The van der Waals surface area contributed by atoms with Gasteiger partial charge in [-0.15, -0.1) is 0 Å². The lowest BCUT2D eigenvalue weighted by Gasteiger charge is -2.34. The topological polar surface area (TPSA) is 111 Å². The average Bonchev–Trinajstić information content (AvgIpc) is 3.16. The van der Waals surface area contributed by atoms with Crippen LogP contribution in [0.3, 0.4) is 0 Å². The third-order valence-corrected chi connectivity index (χ3v) is 5.93. The van der Waals surface area contributed by atoms with Crippen LogP contribution in [0.25, 0.3) is 11.5 Å². The van der Waals surface area contributed by atoms with E-state index in [1.807, 2.05) is 0 Å². The molecule has 0 amide bonds. The molecule has 2 aromatic rings. The molecule has 0 saturated heterocycles. The summed E-state index contributed by atoms with van der Waals surface area (Å²) in [5.74, 6) is 0.781. The maximum absolute atomic E-state index is 12.3. The van der Waals surface area contributed by atoms with Gasteiger partial charge in [0.1, 0.15) is 0 Å². The smallest absolute Gasteiger partial charge is 0.258 e. The summed E-state index contributed by atoms with van der Waals surface area (Å²) in [5, 5.41) is 3.96. The molecule has 1 aromatic heterocycles. The largest absolute Gasteiger partial charge is 0.334 e. The van der Waals surface area contributed by atoms with Gasteiger partial charge in [-0.3, -0.25) is 0 Å². The third-order valence-electron chi connectivity index (χ3n) is 4.41. The number of nitrogens with zero attached hydrogens (tertiary/aromatic N) is 2. The number of benzene rings is 1. The lowest BCUT2D eigenvalue weighted by atomic mass is 9.77. The van der Waals surface area contributed by atoms with Gasteiger partial charge < -0.3 is 10.3 Å². The number of rotatable bonds is 5. The summed E-state index contributed by atoms with van der Waals surface area (Å²) in [6.07, 6.45) is 4.52. The Morgan fingerprint density at radius 3 is 2.74 bits per heavy atom. The first kappa shape index (κ1) is 14.8. The minimum Gasteiger partial charge on any atom is -0.334 e. The van der Waals surface area contributed by atoms with E-state index >= 15 is 0 Å². The van der Waals surface area contributed by atoms with Crippen LogP contribution in [0.15, 0.2) is 33.7 Å². The van der Waals surface area contributed by atoms with E-state index in [0.717, 1.165) is 32.1 Å². The highest BCUT2D eigenvalue weighted by Gasteiger charge is 2.39. The zero-order chi connectivity index (χ0) is 16.1. The number of sulfonamides is 1. The van der Waals surface area contributed by atoms with Crippen LogP contribution in [-0.2, 0) is 15.6 Å². The highest BCUT2D eigenvalue weighted by Crippen LogP contribution is 2.37. The number of aromatic nitrogens is 2. The molecule has 1 heterocycles. The molecule has 4 rings (SSSR count). The fraction of sp³-hybridized carbons (Fsp3) is 0.467. The molecule has 2 saturated carbocycles. The number of nitrogens with one attached hydrogen (secondary N) is 1. The molecule has 0 aliphatic heterocycles. The molecule has 0 unspecified atom stereocenters. The van der Waals surface area contributed by atoms with Gasteiger partial charge in [0.05, 0.1) is 10.4 Å². The van der Waals surface area contributed by atoms with E-state index in [9.17, 15) is 8.42 Å². The van der Waals surface area contributed by atoms with E-state index in [2.05, 4.69) is 14.9 Å². The Bertz CT molecular complexity index is 838. The van der Waals surface area contributed by atoms with E-state index in [4.69, 9.17) is 10.3 Å². The van der Waals surface area contributed by atoms with Crippen molar-refractivity contribution < 1.29 is 12.9 Å². The predicted molar refractivity (Wildman–Crippen MR) is 82.8 cm³/mol. The van der Waals surface area contributed by atoms with Gasteiger partial charge in [0.25, 0.3) is 5.89 Å². The lowest BCUT2D eigenvalue weighted by molar-refractivity contribution is 0.229. The van der Waals surface area contributed by atoms with Crippen molar-refractivity contribution in [2.75, 3.05) is 0 Å². The second-order valence-corrected chi connectivity index (χ2v) is 8.07. The molecule has 0 bridgehead atoms. The Morgan fingerprint density at radius 2 is 2.09 bits per heavy atom. The minimum absolute atomic E-state index is 0.0642. The minimum atomic E-state index is -3.51. The first-order valence-electron chi connectivity index (χ1n) is 7.72. The molecule has 2 aliphatic carbocycles. The predicted octanol–water partition coefficient (Wildman–Crippen LogP) is 1.52. The molecule has 122 valence electrons. The van der Waals surface area contributed by atoms with Crippen LogP contribution in [0, 0.1) is 0 Å². The summed E-state index contributed by atoms with van der Waals surface area (Å²) < 4.78 is 32.5. The Morgan fingerprint density at radius 1 is 1.30 bits per heavy atom. The second kappa shape index (κ2) is 5.12. The highest BCUT2D eigenvalue weighted by molar-refractivity contribution is 7.89. The summed E-state index contributed by atoms with van der Waals surface area (Å²) in [6, 6.07) is 6.59. The zero-order valence-corrected chi connectivity index (χ0v) is 13.3. The molecular formula is C15H18N4O3S. The van der Waals surface area contributed by atoms with E-state index in [0.29, 0.717) is 17.3 Å². The molecular weight excluding hydrogens is 316 g/mol. The number of nitrogens with two attached hydrogens (primary N) is 1. The molecule has 0 atom stereocenters. The van der Waals surface area contributed by atoms with Crippen LogP contribution in [0.5, 0.6) is 0 Å². The first-order chi connectivity index (χ1) is 11.0.